The predicted octanol–water partition coefficient (Wildman–Crippen LogP) is 0.525. The van der Waals surface area contributed by atoms with Crippen molar-refractivity contribution in [3.8, 4) is 0 Å². The van der Waals surface area contributed by atoms with E-state index in [4.69, 9.17) is 4.52 Å². The van der Waals surface area contributed by atoms with Gasteiger partial charge in [0.1, 0.15) is 5.76 Å². The summed E-state index contributed by atoms with van der Waals surface area (Å²) in [6.07, 6.45) is 1.96. The Bertz CT molecular complexity index is 442. The monoisotopic (exact) mass is 265 g/mol. The summed E-state index contributed by atoms with van der Waals surface area (Å²) in [4.78, 5) is 26.2. The molecule has 6 nitrogen and oxygen atoms in total. The highest BCUT2D eigenvalue weighted by atomic mass is 16.5. The molecule has 0 radical (unpaired) electrons. The van der Waals surface area contributed by atoms with Crippen LogP contribution >= 0.6 is 0 Å². The molecule has 2 amide bonds. The van der Waals surface area contributed by atoms with Crippen molar-refractivity contribution >= 4 is 12.3 Å². The van der Waals surface area contributed by atoms with Crippen LogP contribution in [0.5, 0.6) is 0 Å². The smallest absolute Gasteiger partial charge is 0.223 e. The van der Waals surface area contributed by atoms with Crippen molar-refractivity contribution in [1.82, 2.24) is 15.0 Å². The number of aryl methyl sites for hydroxylation is 2. The Morgan fingerprint density at radius 3 is 2.53 bits per heavy atom. The second-order valence-corrected chi connectivity index (χ2v) is 4.82. The van der Waals surface area contributed by atoms with Gasteiger partial charge in [0.15, 0.2) is 0 Å². The molecule has 104 valence electrons. The first kappa shape index (κ1) is 13.6. The number of nitrogens with zero attached hydrogens (tertiary/aromatic N) is 3. The van der Waals surface area contributed by atoms with E-state index in [1.165, 1.54) is 0 Å². The summed E-state index contributed by atoms with van der Waals surface area (Å²) in [5, 5.41) is 3.88. The minimum absolute atomic E-state index is 0.130. The van der Waals surface area contributed by atoms with E-state index in [0.717, 1.165) is 23.4 Å². The number of amides is 2. The van der Waals surface area contributed by atoms with E-state index in [0.29, 0.717) is 39.0 Å². The van der Waals surface area contributed by atoms with E-state index in [1.54, 1.807) is 4.90 Å². The van der Waals surface area contributed by atoms with E-state index in [1.807, 2.05) is 18.7 Å². The zero-order valence-electron chi connectivity index (χ0n) is 11.4. The number of rotatable bonds is 4. The number of aromatic nitrogens is 1. The van der Waals surface area contributed by atoms with E-state index >= 15 is 0 Å². The fourth-order valence-electron chi connectivity index (χ4n) is 2.33. The lowest BCUT2D eigenvalue weighted by Gasteiger charge is -2.32. The average molecular weight is 265 g/mol. The van der Waals surface area contributed by atoms with Crippen molar-refractivity contribution in [2.75, 3.05) is 26.2 Å². The second-order valence-electron chi connectivity index (χ2n) is 4.82. The molecule has 2 heterocycles. The van der Waals surface area contributed by atoms with Crippen LogP contribution in [0.3, 0.4) is 0 Å². The lowest BCUT2D eigenvalue weighted by atomic mass is 10.1. The fraction of sp³-hybridized carbons (Fsp3) is 0.615. The van der Waals surface area contributed by atoms with Crippen molar-refractivity contribution in [3.05, 3.63) is 17.0 Å². The summed E-state index contributed by atoms with van der Waals surface area (Å²) in [7, 11) is 0. The minimum Gasteiger partial charge on any atom is -0.361 e. The summed E-state index contributed by atoms with van der Waals surface area (Å²) < 4.78 is 5.08. The largest absolute Gasteiger partial charge is 0.361 e. The van der Waals surface area contributed by atoms with Gasteiger partial charge >= 0.3 is 0 Å². The first-order chi connectivity index (χ1) is 9.11. The van der Waals surface area contributed by atoms with Crippen LogP contribution in [-0.2, 0) is 16.0 Å². The number of carbonyl (C=O) groups excluding carboxylic acids is 2. The summed E-state index contributed by atoms with van der Waals surface area (Å²) >= 11 is 0. The zero-order valence-corrected chi connectivity index (χ0v) is 11.4. The van der Waals surface area contributed by atoms with Crippen molar-refractivity contribution in [2.45, 2.75) is 26.7 Å². The van der Waals surface area contributed by atoms with Gasteiger partial charge in [-0.25, -0.2) is 0 Å². The molecule has 0 atom stereocenters. The molecule has 1 aliphatic heterocycles. The van der Waals surface area contributed by atoms with Gasteiger partial charge in [0.2, 0.25) is 12.3 Å². The molecular formula is C13H19N3O3. The SMILES string of the molecule is Cc1noc(C)c1CCC(=O)N1CCN(C=O)CC1. The quantitative estimate of drug-likeness (QED) is 0.745. The summed E-state index contributed by atoms with van der Waals surface area (Å²) in [5.74, 6) is 0.918. The first-order valence-corrected chi connectivity index (χ1v) is 6.50. The zero-order chi connectivity index (χ0) is 13.8. The van der Waals surface area contributed by atoms with Crippen LogP contribution in [0.25, 0.3) is 0 Å². The molecule has 1 aliphatic rings. The molecule has 2 rings (SSSR count). The Labute approximate surface area is 112 Å². The van der Waals surface area contributed by atoms with Gasteiger partial charge in [0, 0.05) is 38.2 Å². The van der Waals surface area contributed by atoms with Gasteiger partial charge in [0.25, 0.3) is 0 Å². The van der Waals surface area contributed by atoms with Crippen LogP contribution in [0.4, 0.5) is 0 Å². The predicted molar refractivity (Wildman–Crippen MR) is 68.5 cm³/mol. The third kappa shape index (κ3) is 3.13. The minimum atomic E-state index is 0.130. The Morgan fingerprint density at radius 2 is 2.00 bits per heavy atom. The molecule has 19 heavy (non-hydrogen) atoms. The number of hydrogen-bond donors (Lipinski definition) is 0. The number of hydrogen-bond acceptors (Lipinski definition) is 4. The number of carbonyl (C=O) groups is 2. The highest BCUT2D eigenvalue weighted by Gasteiger charge is 2.20. The van der Waals surface area contributed by atoms with Gasteiger partial charge in [0.05, 0.1) is 5.69 Å². The standard InChI is InChI=1S/C13H19N3O3/c1-10-12(11(2)19-14-10)3-4-13(18)16-7-5-15(9-17)6-8-16/h9H,3-8H2,1-2H3. The summed E-state index contributed by atoms with van der Waals surface area (Å²) in [6, 6.07) is 0. The maximum absolute atomic E-state index is 12.1. The summed E-state index contributed by atoms with van der Waals surface area (Å²) in [5.41, 5.74) is 1.89. The van der Waals surface area contributed by atoms with E-state index in [-0.39, 0.29) is 5.91 Å². The van der Waals surface area contributed by atoms with Gasteiger partial charge < -0.3 is 14.3 Å². The van der Waals surface area contributed by atoms with Gasteiger partial charge in [-0.2, -0.15) is 0 Å². The normalized spacial score (nSPS) is 15.7. The van der Waals surface area contributed by atoms with Gasteiger partial charge in [-0.05, 0) is 20.3 Å². The molecule has 1 aromatic heterocycles. The first-order valence-electron chi connectivity index (χ1n) is 6.50. The van der Waals surface area contributed by atoms with Crippen molar-refractivity contribution < 1.29 is 14.1 Å². The van der Waals surface area contributed by atoms with Crippen LogP contribution in [0, 0.1) is 13.8 Å². The highest BCUT2D eigenvalue weighted by molar-refractivity contribution is 5.76. The third-order valence-corrected chi connectivity index (χ3v) is 3.59. The van der Waals surface area contributed by atoms with Gasteiger partial charge in [-0.3, -0.25) is 9.59 Å². The van der Waals surface area contributed by atoms with E-state index in [9.17, 15) is 9.59 Å². The van der Waals surface area contributed by atoms with Crippen molar-refractivity contribution in [1.29, 1.82) is 0 Å². The molecule has 0 saturated carbocycles. The lowest BCUT2D eigenvalue weighted by molar-refractivity contribution is -0.135. The third-order valence-electron chi connectivity index (χ3n) is 3.59. The molecule has 1 aromatic rings. The Balaban J connectivity index is 1.84. The van der Waals surface area contributed by atoms with Gasteiger partial charge in [-0.1, -0.05) is 5.16 Å². The van der Waals surface area contributed by atoms with Crippen molar-refractivity contribution in [2.24, 2.45) is 0 Å². The van der Waals surface area contributed by atoms with Crippen LogP contribution in [0.2, 0.25) is 0 Å². The summed E-state index contributed by atoms with van der Waals surface area (Å²) in [6.45, 7) is 6.25. The van der Waals surface area contributed by atoms with E-state index < -0.39 is 0 Å². The Morgan fingerprint density at radius 1 is 1.32 bits per heavy atom. The maximum atomic E-state index is 12.1. The molecule has 0 aromatic carbocycles. The van der Waals surface area contributed by atoms with Crippen LogP contribution in [0.15, 0.2) is 4.52 Å². The maximum Gasteiger partial charge on any atom is 0.223 e. The molecule has 1 saturated heterocycles. The molecule has 6 heteroatoms. The molecule has 0 bridgehead atoms. The molecule has 0 spiro atoms. The Kier molecular flexibility index (Phi) is 4.19. The molecule has 0 N–H and O–H groups in total. The van der Waals surface area contributed by atoms with Crippen LogP contribution < -0.4 is 0 Å². The molecule has 1 fully saturated rings. The molecule has 0 aliphatic carbocycles. The van der Waals surface area contributed by atoms with Gasteiger partial charge in [-0.15, -0.1) is 0 Å². The molecular weight excluding hydrogens is 246 g/mol. The van der Waals surface area contributed by atoms with Crippen LogP contribution in [-0.4, -0.2) is 53.5 Å². The average Bonchev–Trinajstić information content (AvgIpc) is 2.75. The fourth-order valence-corrected chi connectivity index (χ4v) is 2.33. The lowest BCUT2D eigenvalue weighted by Crippen LogP contribution is -2.48. The number of piperazine rings is 1. The van der Waals surface area contributed by atoms with Crippen molar-refractivity contribution in [3.63, 3.8) is 0 Å². The Hall–Kier alpha value is -1.85. The van der Waals surface area contributed by atoms with E-state index in [2.05, 4.69) is 5.16 Å². The molecule has 0 unspecified atom stereocenters. The second kappa shape index (κ2) is 5.86. The van der Waals surface area contributed by atoms with Crippen LogP contribution in [0.1, 0.15) is 23.4 Å². The highest BCUT2D eigenvalue weighted by Crippen LogP contribution is 2.15. The topological polar surface area (TPSA) is 66.7 Å².